The molecule has 0 aliphatic carbocycles. The molecular formula is C12H14N2O. The van der Waals surface area contributed by atoms with Crippen LogP contribution >= 0.6 is 0 Å². The van der Waals surface area contributed by atoms with Crippen molar-refractivity contribution in [1.29, 1.82) is 0 Å². The monoisotopic (exact) mass is 202 g/mol. The van der Waals surface area contributed by atoms with Crippen molar-refractivity contribution in [3.63, 3.8) is 0 Å². The lowest BCUT2D eigenvalue weighted by atomic mass is 10.1. The van der Waals surface area contributed by atoms with Crippen molar-refractivity contribution >= 4 is 16.6 Å². The van der Waals surface area contributed by atoms with Crippen molar-refractivity contribution in [2.24, 2.45) is 0 Å². The minimum Gasteiger partial charge on any atom is -0.385 e. The van der Waals surface area contributed by atoms with E-state index in [2.05, 4.69) is 17.2 Å². The number of rotatable bonds is 2. The maximum atomic E-state index is 11.2. The molecule has 0 aliphatic rings. The number of benzene rings is 1. The minimum atomic E-state index is -0.0563. The molecule has 0 atom stereocenters. The number of aromatic nitrogens is 1. The number of fused-ring (bicyclic) bond motifs is 1. The lowest BCUT2D eigenvalue weighted by Crippen LogP contribution is -2.05. The number of aromatic amines is 1. The molecule has 0 unspecified atom stereocenters. The van der Waals surface area contributed by atoms with Gasteiger partial charge in [-0.25, -0.2) is 0 Å². The van der Waals surface area contributed by atoms with Crippen molar-refractivity contribution in [3.8, 4) is 0 Å². The lowest BCUT2D eigenvalue weighted by molar-refractivity contribution is 1.20. The number of pyridine rings is 1. The van der Waals surface area contributed by atoms with Crippen LogP contribution in [-0.2, 0) is 0 Å². The van der Waals surface area contributed by atoms with E-state index in [1.54, 1.807) is 6.07 Å². The van der Waals surface area contributed by atoms with Gasteiger partial charge in [0.1, 0.15) is 0 Å². The SMILES string of the molecule is CCNc1ccc2ccc(=O)[nH]c2c1C. The Labute approximate surface area is 88.1 Å². The maximum Gasteiger partial charge on any atom is 0.248 e. The number of aryl methyl sites for hydroxylation is 1. The summed E-state index contributed by atoms with van der Waals surface area (Å²) < 4.78 is 0. The second-order valence-corrected chi connectivity index (χ2v) is 3.56. The van der Waals surface area contributed by atoms with E-state index in [-0.39, 0.29) is 5.56 Å². The van der Waals surface area contributed by atoms with E-state index in [0.29, 0.717) is 0 Å². The van der Waals surface area contributed by atoms with Gasteiger partial charge in [0.25, 0.3) is 0 Å². The number of hydrogen-bond donors (Lipinski definition) is 2. The summed E-state index contributed by atoms with van der Waals surface area (Å²) >= 11 is 0. The lowest BCUT2D eigenvalue weighted by Gasteiger charge is -2.09. The van der Waals surface area contributed by atoms with Crippen molar-refractivity contribution in [3.05, 3.63) is 40.2 Å². The number of nitrogens with one attached hydrogen (secondary N) is 2. The third kappa shape index (κ3) is 1.73. The molecule has 78 valence electrons. The molecule has 3 nitrogen and oxygen atoms in total. The molecule has 2 N–H and O–H groups in total. The fourth-order valence-corrected chi connectivity index (χ4v) is 1.75. The zero-order chi connectivity index (χ0) is 10.8. The number of H-pyrrole nitrogens is 1. The zero-order valence-corrected chi connectivity index (χ0v) is 8.92. The Hall–Kier alpha value is -1.77. The summed E-state index contributed by atoms with van der Waals surface area (Å²) in [7, 11) is 0. The molecule has 0 spiro atoms. The van der Waals surface area contributed by atoms with Crippen LogP contribution in [0.1, 0.15) is 12.5 Å². The molecular weight excluding hydrogens is 188 g/mol. The first-order valence-electron chi connectivity index (χ1n) is 5.09. The molecule has 15 heavy (non-hydrogen) atoms. The second-order valence-electron chi connectivity index (χ2n) is 3.56. The summed E-state index contributed by atoms with van der Waals surface area (Å²) in [6.07, 6.45) is 0. The van der Waals surface area contributed by atoms with Crippen LogP contribution in [0, 0.1) is 6.92 Å². The predicted molar refractivity (Wildman–Crippen MR) is 63.5 cm³/mol. The van der Waals surface area contributed by atoms with Crippen molar-refractivity contribution in [2.75, 3.05) is 11.9 Å². The van der Waals surface area contributed by atoms with E-state index < -0.39 is 0 Å². The van der Waals surface area contributed by atoms with Gasteiger partial charge in [0.15, 0.2) is 0 Å². The Balaban J connectivity index is 2.71. The highest BCUT2D eigenvalue weighted by molar-refractivity contribution is 5.86. The highest BCUT2D eigenvalue weighted by atomic mass is 16.1. The molecule has 0 aliphatic heterocycles. The molecule has 2 aromatic rings. The number of hydrogen-bond acceptors (Lipinski definition) is 2. The van der Waals surface area contributed by atoms with Crippen LogP contribution in [-0.4, -0.2) is 11.5 Å². The van der Waals surface area contributed by atoms with Gasteiger partial charge < -0.3 is 10.3 Å². The van der Waals surface area contributed by atoms with E-state index >= 15 is 0 Å². The van der Waals surface area contributed by atoms with E-state index in [1.165, 1.54) is 0 Å². The van der Waals surface area contributed by atoms with Crippen LogP contribution in [0.4, 0.5) is 5.69 Å². The normalized spacial score (nSPS) is 10.5. The molecule has 1 heterocycles. The first-order chi connectivity index (χ1) is 7.22. The fraction of sp³-hybridized carbons (Fsp3) is 0.250. The summed E-state index contributed by atoms with van der Waals surface area (Å²) in [6, 6.07) is 7.45. The van der Waals surface area contributed by atoms with Gasteiger partial charge in [-0.3, -0.25) is 4.79 Å². The second kappa shape index (κ2) is 3.77. The van der Waals surface area contributed by atoms with Crippen molar-refractivity contribution in [2.45, 2.75) is 13.8 Å². The smallest absolute Gasteiger partial charge is 0.248 e. The third-order valence-corrected chi connectivity index (χ3v) is 2.53. The van der Waals surface area contributed by atoms with Crippen LogP contribution < -0.4 is 10.9 Å². The molecule has 0 saturated heterocycles. The summed E-state index contributed by atoms with van der Waals surface area (Å²) in [6.45, 7) is 4.94. The van der Waals surface area contributed by atoms with Crippen molar-refractivity contribution < 1.29 is 0 Å². The zero-order valence-electron chi connectivity index (χ0n) is 8.92. The van der Waals surface area contributed by atoms with E-state index in [1.807, 2.05) is 25.1 Å². The number of anilines is 1. The highest BCUT2D eigenvalue weighted by Gasteiger charge is 2.02. The molecule has 1 aromatic carbocycles. The van der Waals surface area contributed by atoms with Gasteiger partial charge in [0.05, 0.1) is 5.52 Å². The van der Waals surface area contributed by atoms with Gasteiger partial charge in [-0.15, -0.1) is 0 Å². The van der Waals surface area contributed by atoms with Gasteiger partial charge in [0, 0.05) is 18.3 Å². The predicted octanol–water partition coefficient (Wildman–Crippen LogP) is 2.27. The fourth-order valence-electron chi connectivity index (χ4n) is 1.75. The van der Waals surface area contributed by atoms with E-state index in [4.69, 9.17) is 0 Å². The Bertz CT molecular complexity index is 543. The summed E-state index contributed by atoms with van der Waals surface area (Å²) in [5.74, 6) is 0. The largest absolute Gasteiger partial charge is 0.385 e. The van der Waals surface area contributed by atoms with Crippen LogP contribution in [0.2, 0.25) is 0 Å². The molecule has 0 amide bonds. The Morgan fingerprint density at radius 3 is 2.73 bits per heavy atom. The average molecular weight is 202 g/mol. The van der Waals surface area contributed by atoms with Gasteiger partial charge in [0.2, 0.25) is 5.56 Å². The highest BCUT2D eigenvalue weighted by Crippen LogP contribution is 2.22. The summed E-state index contributed by atoms with van der Waals surface area (Å²) in [5.41, 5.74) is 3.03. The van der Waals surface area contributed by atoms with Gasteiger partial charge in [-0.05, 0) is 36.9 Å². The maximum absolute atomic E-state index is 11.2. The van der Waals surface area contributed by atoms with Crippen LogP contribution in [0.3, 0.4) is 0 Å². The van der Waals surface area contributed by atoms with E-state index in [0.717, 1.165) is 28.7 Å². The quantitative estimate of drug-likeness (QED) is 0.784. The summed E-state index contributed by atoms with van der Waals surface area (Å²) in [4.78, 5) is 14.1. The van der Waals surface area contributed by atoms with Crippen molar-refractivity contribution in [1.82, 2.24) is 4.98 Å². The molecule has 0 fully saturated rings. The van der Waals surface area contributed by atoms with Crippen LogP contribution in [0.5, 0.6) is 0 Å². The topological polar surface area (TPSA) is 44.9 Å². The Morgan fingerprint density at radius 1 is 1.27 bits per heavy atom. The first-order valence-corrected chi connectivity index (χ1v) is 5.09. The van der Waals surface area contributed by atoms with E-state index in [9.17, 15) is 4.79 Å². The molecule has 0 saturated carbocycles. The first kappa shape index (κ1) is 9.77. The van der Waals surface area contributed by atoms with Gasteiger partial charge in [-0.2, -0.15) is 0 Å². The van der Waals surface area contributed by atoms with Crippen LogP contribution in [0.25, 0.3) is 10.9 Å². The average Bonchev–Trinajstić information content (AvgIpc) is 2.23. The molecule has 0 bridgehead atoms. The van der Waals surface area contributed by atoms with Crippen LogP contribution in [0.15, 0.2) is 29.1 Å². The minimum absolute atomic E-state index is 0.0563. The van der Waals surface area contributed by atoms with Gasteiger partial charge in [-0.1, -0.05) is 6.07 Å². The molecule has 3 heteroatoms. The summed E-state index contributed by atoms with van der Waals surface area (Å²) in [5, 5.41) is 4.33. The van der Waals surface area contributed by atoms with Gasteiger partial charge >= 0.3 is 0 Å². The molecule has 1 aromatic heterocycles. The Kier molecular flexibility index (Phi) is 2.46. The molecule has 2 rings (SSSR count). The Morgan fingerprint density at radius 2 is 2.00 bits per heavy atom. The standard InChI is InChI=1S/C12H14N2O/c1-3-13-10-6-4-9-5-7-11(15)14-12(9)8(10)2/h4-7,13H,3H2,1-2H3,(H,14,15). The molecule has 0 radical (unpaired) electrons. The third-order valence-electron chi connectivity index (χ3n) is 2.53.